The lowest BCUT2D eigenvalue weighted by molar-refractivity contribution is -0.115. The summed E-state index contributed by atoms with van der Waals surface area (Å²) in [5, 5.41) is 12.8. The normalized spacial score (nSPS) is 16.2. The van der Waals surface area contributed by atoms with Crippen molar-refractivity contribution in [3.8, 4) is 0 Å². The van der Waals surface area contributed by atoms with Gasteiger partial charge in [-0.2, -0.15) is 4.31 Å². The SMILES string of the molecule is CC(O)CN(CC(=O)Nc1cc(S(=O)(=O)N2CCCCCC2)ccc1Cl)c1ccccc1. The number of nitrogens with zero attached hydrogens (tertiary/aromatic N) is 2. The number of nitrogens with one attached hydrogen (secondary N) is 1. The molecule has 0 saturated carbocycles. The Kier molecular flexibility index (Phi) is 8.53. The van der Waals surface area contributed by atoms with Crippen molar-refractivity contribution in [2.75, 3.05) is 36.4 Å². The Labute approximate surface area is 195 Å². The number of benzene rings is 2. The van der Waals surface area contributed by atoms with Gasteiger partial charge in [-0.05, 0) is 50.1 Å². The van der Waals surface area contributed by atoms with Crippen molar-refractivity contribution < 1.29 is 18.3 Å². The van der Waals surface area contributed by atoms with Gasteiger partial charge in [0.2, 0.25) is 15.9 Å². The van der Waals surface area contributed by atoms with Crippen LogP contribution in [0.4, 0.5) is 11.4 Å². The van der Waals surface area contributed by atoms with E-state index in [0.29, 0.717) is 13.1 Å². The maximum atomic E-state index is 13.1. The highest BCUT2D eigenvalue weighted by Gasteiger charge is 2.26. The monoisotopic (exact) mass is 479 g/mol. The van der Waals surface area contributed by atoms with Crippen LogP contribution in [-0.2, 0) is 14.8 Å². The highest BCUT2D eigenvalue weighted by Crippen LogP contribution is 2.28. The second-order valence-corrected chi connectivity index (χ2v) is 10.4. The molecule has 2 aromatic carbocycles. The van der Waals surface area contributed by atoms with E-state index < -0.39 is 16.1 Å². The van der Waals surface area contributed by atoms with Gasteiger partial charge in [0, 0.05) is 25.3 Å². The Hall–Kier alpha value is -2.13. The van der Waals surface area contributed by atoms with Gasteiger partial charge in [-0.1, -0.05) is 42.6 Å². The standard InChI is InChI=1S/C23H30ClN3O4S/c1-18(28)16-26(19-9-5-4-6-10-19)17-23(29)25-22-15-20(11-12-21(22)24)32(30,31)27-13-7-2-3-8-14-27/h4-6,9-12,15,18,28H,2-3,7-8,13-14,16-17H2,1H3,(H,25,29). The van der Waals surface area contributed by atoms with Crippen molar-refractivity contribution in [1.29, 1.82) is 0 Å². The summed E-state index contributed by atoms with van der Waals surface area (Å²) in [5.74, 6) is -0.360. The van der Waals surface area contributed by atoms with Gasteiger partial charge in [0.1, 0.15) is 0 Å². The lowest BCUT2D eigenvalue weighted by Gasteiger charge is -2.25. The van der Waals surface area contributed by atoms with Crippen LogP contribution >= 0.6 is 11.6 Å². The average Bonchev–Trinajstić information content (AvgIpc) is 3.05. The molecule has 3 rings (SSSR count). The molecular weight excluding hydrogens is 450 g/mol. The number of aliphatic hydroxyl groups is 1. The van der Waals surface area contributed by atoms with Gasteiger partial charge in [0.05, 0.1) is 28.3 Å². The van der Waals surface area contributed by atoms with E-state index in [1.807, 2.05) is 30.3 Å². The first-order chi connectivity index (χ1) is 15.3. The van der Waals surface area contributed by atoms with Gasteiger partial charge in [0.25, 0.3) is 0 Å². The predicted molar refractivity (Wildman–Crippen MR) is 128 cm³/mol. The van der Waals surface area contributed by atoms with Crippen LogP contribution in [0.15, 0.2) is 53.4 Å². The van der Waals surface area contributed by atoms with Crippen LogP contribution in [0.25, 0.3) is 0 Å². The Morgan fingerprint density at radius 3 is 2.41 bits per heavy atom. The zero-order valence-electron chi connectivity index (χ0n) is 18.2. The molecule has 0 spiro atoms. The van der Waals surface area contributed by atoms with E-state index in [0.717, 1.165) is 31.4 Å². The molecule has 1 aliphatic rings. The van der Waals surface area contributed by atoms with Gasteiger partial charge >= 0.3 is 0 Å². The minimum atomic E-state index is -3.66. The second-order valence-electron chi connectivity index (χ2n) is 8.07. The molecule has 0 bridgehead atoms. The molecule has 1 aliphatic heterocycles. The van der Waals surface area contributed by atoms with E-state index >= 15 is 0 Å². The number of carbonyl (C=O) groups is 1. The largest absolute Gasteiger partial charge is 0.392 e. The fourth-order valence-electron chi connectivity index (χ4n) is 3.77. The molecule has 7 nitrogen and oxygen atoms in total. The topological polar surface area (TPSA) is 90.0 Å². The minimum Gasteiger partial charge on any atom is -0.392 e. The molecule has 1 amide bonds. The van der Waals surface area contributed by atoms with Gasteiger partial charge in [-0.3, -0.25) is 4.79 Å². The van der Waals surface area contributed by atoms with Crippen molar-refractivity contribution in [2.24, 2.45) is 0 Å². The third-order valence-corrected chi connectivity index (χ3v) is 7.58. The zero-order valence-corrected chi connectivity index (χ0v) is 19.8. The number of hydrogen-bond donors (Lipinski definition) is 2. The van der Waals surface area contributed by atoms with Crippen LogP contribution in [0.1, 0.15) is 32.6 Å². The second kappa shape index (κ2) is 11.1. The molecule has 0 aromatic heterocycles. The summed E-state index contributed by atoms with van der Waals surface area (Å²) in [7, 11) is -3.66. The molecule has 0 radical (unpaired) electrons. The van der Waals surface area contributed by atoms with Crippen molar-refractivity contribution >= 4 is 38.9 Å². The van der Waals surface area contributed by atoms with E-state index in [-0.39, 0.29) is 34.6 Å². The molecule has 0 aliphatic carbocycles. The number of rotatable bonds is 8. The van der Waals surface area contributed by atoms with Crippen molar-refractivity contribution in [3.05, 3.63) is 53.6 Å². The Morgan fingerprint density at radius 2 is 1.78 bits per heavy atom. The third kappa shape index (κ3) is 6.45. The summed E-state index contributed by atoms with van der Waals surface area (Å²) in [4.78, 5) is 14.7. The van der Waals surface area contributed by atoms with E-state index in [4.69, 9.17) is 11.6 Å². The Morgan fingerprint density at radius 1 is 1.12 bits per heavy atom. The molecular formula is C23H30ClN3O4S. The smallest absolute Gasteiger partial charge is 0.243 e. The number of amides is 1. The average molecular weight is 480 g/mol. The number of sulfonamides is 1. The minimum absolute atomic E-state index is 0.0195. The fourth-order valence-corrected chi connectivity index (χ4v) is 5.48. The number of anilines is 2. The van der Waals surface area contributed by atoms with Crippen molar-refractivity contribution in [3.63, 3.8) is 0 Å². The van der Waals surface area contributed by atoms with Crippen LogP contribution in [-0.4, -0.2) is 56.0 Å². The van der Waals surface area contributed by atoms with Crippen LogP contribution in [0.3, 0.4) is 0 Å². The van der Waals surface area contributed by atoms with E-state index in [2.05, 4.69) is 5.32 Å². The molecule has 2 N–H and O–H groups in total. The quantitative estimate of drug-likeness (QED) is 0.602. The maximum absolute atomic E-state index is 13.1. The summed E-state index contributed by atoms with van der Waals surface area (Å²) in [5.41, 5.74) is 1.05. The molecule has 1 saturated heterocycles. The third-order valence-electron chi connectivity index (χ3n) is 5.36. The number of carbonyl (C=O) groups excluding carboxylic acids is 1. The molecule has 1 atom stereocenters. The first-order valence-corrected chi connectivity index (χ1v) is 12.7. The van der Waals surface area contributed by atoms with Crippen LogP contribution < -0.4 is 10.2 Å². The molecule has 174 valence electrons. The lowest BCUT2D eigenvalue weighted by atomic mass is 10.2. The predicted octanol–water partition coefficient (Wildman–Crippen LogP) is 3.73. The van der Waals surface area contributed by atoms with Crippen molar-refractivity contribution in [1.82, 2.24) is 4.31 Å². The van der Waals surface area contributed by atoms with Crippen molar-refractivity contribution in [2.45, 2.75) is 43.6 Å². The van der Waals surface area contributed by atoms with Gasteiger partial charge in [-0.15, -0.1) is 0 Å². The molecule has 32 heavy (non-hydrogen) atoms. The summed E-state index contributed by atoms with van der Waals surface area (Å²) in [6, 6.07) is 13.7. The number of para-hydroxylation sites is 1. The fraction of sp³-hybridized carbons (Fsp3) is 0.435. The van der Waals surface area contributed by atoms with Gasteiger partial charge in [0.15, 0.2) is 0 Å². The summed E-state index contributed by atoms with van der Waals surface area (Å²) < 4.78 is 27.7. The Bertz CT molecular complexity index is 1010. The molecule has 1 unspecified atom stereocenters. The summed E-state index contributed by atoms with van der Waals surface area (Å²) >= 11 is 6.26. The first kappa shape index (κ1) is 24.5. The molecule has 1 heterocycles. The van der Waals surface area contributed by atoms with E-state index in [9.17, 15) is 18.3 Å². The van der Waals surface area contributed by atoms with Gasteiger partial charge < -0.3 is 15.3 Å². The molecule has 9 heteroatoms. The zero-order chi connectivity index (χ0) is 23.1. The van der Waals surface area contributed by atoms with E-state index in [1.165, 1.54) is 22.5 Å². The first-order valence-electron chi connectivity index (χ1n) is 10.8. The van der Waals surface area contributed by atoms with Gasteiger partial charge in [-0.25, -0.2) is 8.42 Å². The maximum Gasteiger partial charge on any atom is 0.243 e. The summed E-state index contributed by atoms with van der Waals surface area (Å²) in [6.45, 7) is 2.90. The molecule has 2 aromatic rings. The number of halogens is 1. The van der Waals surface area contributed by atoms with Crippen LogP contribution in [0.2, 0.25) is 5.02 Å². The number of aliphatic hydroxyl groups excluding tert-OH is 1. The highest BCUT2D eigenvalue weighted by atomic mass is 35.5. The number of hydrogen-bond acceptors (Lipinski definition) is 5. The highest BCUT2D eigenvalue weighted by molar-refractivity contribution is 7.89. The van der Waals surface area contributed by atoms with Crippen LogP contribution in [0, 0.1) is 0 Å². The molecule has 1 fully saturated rings. The van der Waals surface area contributed by atoms with Crippen LogP contribution in [0.5, 0.6) is 0 Å². The van der Waals surface area contributed by atoms with E-state index in [1.54, 1.807) is 11.8 Å². The Balaban J connectivity index is 1.77. The lowest BCUT2D eigenvalue weighted by Crippen LogP contribution is -2.37. The summed E-state index contributed by atoms with van der Waals surface area (Å²) in [6.07, 6.45) is 3.11.